The van der Waals surface area contributed by atoms with Crippen LogP contribution in [0.15, 0.2) is 12.1 Å². The van der Waals surface area contributed by atoms with E-state index in [1.54, 1.807) is 11.3 Å². The molecule has 0 nitrogen and oxygen atoms in total. The van der Waals surface area contributed by atoms with Crippen LogP contribution in [0.3, 0.4) is 0 Å². The van der Waals surface area contributed by atoms with Gasteiger partial charge < -0.3 is 0 Å². The van der Waals surface area contributed by atoms with E-state index in [9.17, 15) is 0 Å². The molecule has 0 saturated heterocycles. The molecule has 62 valence electrons. The molecule has 0 fully saturated rings. The zero-order valence-electron chi connectivity index (χ0n) is 6.47. The second-order valence-electron chi connectivity index (χ2n) is 2.61. The third kappa shape index (κ3) is 2.46. The van der Waals surface area contributed by atoms with E-state index in [1.165, 1.54) is 4.88 Å². The molecule has 1 aromatic heterocycles. The molecule has 0 spiro atoms. The molecule has 1 rings (SSSR count). The molecular weight excluding hydrogens is 244 g/mol. The highest BCUT2D eigenvalue weighted by Crippen LogP contribution is 2.32. The van der Waals surface area contributed by atoms with Crippen molar-refractivity contribution in [2.45, 2.75) is 24.6 Å². The molecule has 0 amide bonds. The van der Waals surface area contributed by atoms with Crippen LogP contribution in [0.4, 0.5) is 0 Å². The average molecular weight is 254 g/mol. The maximum atomic E-state index is 5.81. The van der Waals surface area contributed by atoms with E-state index in [0.29, 0.717) is 10.7 Å². The molecule has 11 heavy (non-hydrogen) atoms. The summed E-state index contributed by atoms with van der Waals surface area (Å²) in [5.41, 5.74) is 0. The van der Waals surface area contributed by atoms with Crippen molar-refractivity contribution < 1.29 is 0 Å². The van der Waals surface area contributed by atoms with Crippen LogP contribution in [0.1, 0.15) is 24.6 Å². The van der Waals surface area contributed by atoms with Crippen LogP contribution in [-0.2, 0) is 0 Å². The van der Waals surface area contributed by atoms with E-state index in [1.807, 2.05) is 6.07 Å². The zero-order valence-corrected chi connectivity index (χ0v) is 9.63. The first-order valence-corrected chi connectivity index (χ1v) is 5.61. The lowest BCUT2D eigenvalue weighted by Crippen LogP contribution is -2.01. The van der Waals surface area contributed by atoms with Crippen LogP contribution in [0.5, 0.6) is 0 Å². The largest absolute Gasteiger partial charge is 0.128 e. The average Bonchev–Trinajstić information content (AvgIpc) is 2.34. The van der Waals surface area contributed by atoms with Crippen LogP contribution in [0.2, 0.25) is 4.34 Å². The Kier molecular flexibility index (Phi) is 3.41. The molecule has 3 heteroatoms. The minimum absolute atomic E-state index is 0.511. The number of thiophene rings is 1. The normalized spacial score (nSPS) is 16.4. The van der Waals surface area contributed by atoms with Crippen molar-refractivity contribution in [2.75, 3.05) is 0 Å². The standard InChI is InChI=1S/C8H10BrClS/c1-5(6(2)9)7-3-4-8(10)11-7/h3-6H,1-2H3. The van der Waals surface area contributed by atoms with E-state index in [2.05, 4.69) is 35.8 Å². The van der Waals surface area contributed by atoms with Gasteiger partial charge in [-0.25, -0.2) is 0 Å². The van der Waals surface area contributed by atoms with Crippen molar-refractivity contribution in [1.82, 2.24) is 0 Å². The molecule has 2 unspecified atom stereocenters. The van der Waals surface area contributed by atoms with E-state index in [0.717, 1.165) is 4.34 Å². The molecule has 2 atom stereocenters. The third-order valence-electron chi connectivity index (χ3n) is 1.73. The highest BCUT2D eigenvalue weighted by molar-refractivity contribution is 9.09. The van der Waals surface area contributed by atoms with Crippen LogP contribution in [-0.4, -0.2) is 4.83 Å². The summed E-state index contributed by atoms with van der Waals surface area (Å²) >= 11 is 11.0. The minimum Gasteiger partial charge on any atom is -0.128 e. The first kappa shape index (κ1) is 9.56. The Morgan fingerprint density at radius 1 is 1.45 bits per heavy atom. The Morgan fingerprint density at radius 2 is 2.09 bits per heavy atom. The quantitative estimate of drug-likeness (QED) is 0.690. The third-order valence-corrected chi connectivity index (χ3v) is 3.96. The van der Waals surface area contributed by atoms with Gasteiger partial charge in [-0.1, -0.05) is 41.4 Å². The van der Waals surface area contributed by atoms with Gasteiger partial charge in [-0.2, -0.15) is 0 Å². The summed E-state index contributed by atoms with van der Waals surface area (Å²) < 4.78 is 0.875. The SMILES string of the molecule is CC(Br)C(C)c1ccc(Cl)s1. The molecule has 0 N–H and O–H groups in total. The topological polar surface area (TPSA) is 0 Å². The highest BCUT2D eigenvalue weighted by Gasteiger charge is 2.12. The highest BCUT2D eigenvalue weighted by atomic mass is 79.9. The molecule has 1 heterocycles. The lowest BCUT2D eigenvalue weighted by atomic mass is 10.1. The van der Waals surface area contributed by atoms with Crippen molar-refractivity contribution in [2.24, 2.45) is 0 Å². The Hall–Kier alpha value is 0.470. The Morgan fingerprint density at radius 3 is 2.45 bits per heavy atom. The van der Waals surface area contributed by atoms with Gasteiger partial charge in [-0.05, 0) is 12.1 Å². The first-order chi connectivity index (χ1) is 5.11. The molecule has 0 bridgehead atoms. The van der Waals surface area contributed by atoms with E-state index >= 15 is 0 Å². The van der Waals surface area contributed by atoms with Crippen LogP contribution >= 0.6 is 38.9 Å². The molecule has 0 aromatic carbocycles. The molecule has 0 radical (unpaired) electrons. The van der Waals surface area contributed by atoms with Gasteiger partial charge in [0, 0.05) is 15.6 Å². The summed E-state index contributed by atoms with van der Waals surface area (Å²) in [7, 11) is 0. The molecule has 0 saturated carbocycles. The first-order valence-electron chi connectivity index (χ1n) is 3.50. The number of hydrogen-bond acceptors (Lipinski definition) is 1. The molecule has 0 aliphatic carbocycles. The van der Waals surface area contributed by atoms with Crippen molar-refractivity contribution in [3.8, 4) is 0 Å². The fourth-order valence-electron chi connectivity index (χ4n) is 0.799. The number of rotatable bonds is 2. The molecule has 0 aliphatic rings. The van der Waals surface area contributed by atoms with Crippen molar-refractivity contribution in [1.29, 1.82) is 0 Å². The molecule has 0 aliphatic heterocycles. The smallest absolute Gasteiger partial charge is 0.0931 e. The Balaban J connectivity index is 2.76. The predicted molar refractivity (Wildman–Crippen MR) is 56.1 cm³/mol. The van der Waals surface area contributed by atoms with E-state index < -0.39 is 0 Å². The summed E-state index contributed by atoms with van der Waals surface area (Å²) in [6.07, 6.45) is 0. The fourth-order valence-corrected chi connectivity index (χ4v) is 2.48. The lowest BCUT2D eigenvalue weighted by molar-refractivity contribution is 0.777. The molecular formula is C8H10BrClS. The van der Waals surface area contributed by atoms with Crippen LogP contribution in [0.25, 0.3) is 0 Å². The van der Waals surface area contributed by atoms with Crippen molar-refractivity contribution in [3.63, 3.8) is 0 Å². The predicted octanol–water partition coefficient (Wildman–Crippen LogP) is 4.29. The summed E-state index contributed by atoms with van der Waals surface area (Å²) in [4.78, 5) is 1.86. The summed E-state index contributed by atoms with van der Waals surface area (Å²) in [5, 5.41) is 0. The lowest BCUT2D eigenvalue weighted by Gasteiger charge is -2.10. The van der Waals surface area contributed by atoms with E-state index in [-0.39, 0.29) is 0 Å². The van der Waals surface area contributed by atoms with Crippen LogP contribution in [0, 0.1) is 0 Å². The number of halogens is 2. The van der Waals surface area contributed by atoms with Crippen molar-refractivity contribution >= 4 is 38.9 Å². The molecule has 1 aromatic rings. The van der Waals surface area contributed by atoms with Gasteiger partial charge in [-0.3, -0.25) is 0 Å². The van der Waals surface area contributed by atoms with Crippen LogP contribution < -0.4 is 0 Å². The number of hydrogen-bond donors (Lipinski definition) is 0. The second kappa shape index (κ2) is 3.92. The Labute approximate surface area is 84.7 Å². The number of alkyl halides is 1. The minimum atomic E-state index is 0.511. The maximum absolute atomic E-state index is 5.81. The van der Waals surface area contributed by atoms with Gasteiger partial charge in [0.15, 0.2) is 0 Å². The fraction of sp³-hybridized carbons (Fsp3) is 0.500. The van der Waals surface area contributed by atoms with Gasteiger partial charge in [0.2, 0.25) is 0 Å². The van der Waals surface area contributed by atoms with Gasteiger partial charge in [0.25, 0.3) is 0 Å². The van der Waals surface area contributed by atoms with Gasteiger partial charge in [0.05, 0.1) is 4.34 Å². The summed E-state index contributed by atoms with van der Waals surface area (Å²) in [6.45, 7) is 4.35. The van der Waals surface area contributed by atoms with E-state index in [4.69, 9.17) is 11.6 Å². The van der Waals surface area contributed by atoms with Crippen molar-refractivity contribution in [3.05, 3.63) is 21.3 Å². The Bertz CT molecular complexity index is 232. The summed E-state index contributed by atoms with van der Waals surface area (Å²) in [6, 6.07) is 4.04. The maximum Gasteiger partial charge on any atom is 0.0931 e. The monoisotopic (exact) mass is 252 g/mol. The van der Waals surface area contributed by atoms with Gasteiger partial charge in [-0.15, -0.1) is 11.3 Å². The summed E-state index contributed by atoms with van der Waals surface area (Å²) in [5.74, 6) is 0.549. The van der Waals surface area contributed by atoms with Gasteiger partial charge >= 0.3 is 0 Å². The second-order valence-corrected chi connectivity index (χ2v) is 5.80. The van der Waals surface area contributed by atoms with Gasteiger partial charge in [0.1, 0.15) is 0 Å². The zero-order chi connectivity index (χ0) is 8.43.